The molecule has 0 radical (unpaired) electrons. The zero-order valence-corrected chi connectivity index (χ0v) is 12.7. The Bertz CT molecular complexity index is 238. The van der Waals surface area contributed by atoms with Gasteiger partial charge in [0.15, 0.2) is 0 Å². The molecule has 4 nitrogen and oxygen atoms in total. The molecule has 2 fully saturated rings. The van der Waals surface area contributed by atoms with Crippen molar-refractivity contribution in [2.24, 2.45) is 0 Å². The summed E-state index contributed by atoms with van der Waals surface area (Å²) in [5.41, 5.74) is 0. The van der Waals surface area contributed by atoms with Crippen molar-refractivity contribution in [3.05, 3.63) is 0 Å². The van der Waals surface area contributed by atoms with E-state index in [1.54, 1.807) is 0 Å². The lowest BCUT2D eigenvalue weighted by Gasteiger charge is -2.32. The molecule has 0 spiro atoms. The molecule has 0 amide bonds. The second kappa shape index (κ2) is 8.20. The molecule has 1 N–H and O–H groups in total. The number of likely N-dealkylation sites (tertiary alicyclic amines) is 1. The fourth-order valence-electron chi connectivity index (χ4n) is 3.43. The summed E-state index contributed by atoms with van der Waals surface area (Å²) in [4.78, 5) is 5.29. The van der Waals surface area contributed by atoms with Crippen LogP contribution in [-0.4, -0.2) is 74.4 Å². The van der Waals surface area contributed by atoms with Crippen LogP contribution in [0.2, 0.25) is 0 Å². The molecule has 0 aromatic carbocycles. The van der Waals surface area contributed by atoms with Crippen molar-refractivity contribution in [3.63, 3.8) is 0 Å². The maximum atomic E-state index is 5.45. The van der Waals surface area contributed by atoms with E-state index in [2.05, 4.69) is 29.0 Å². The SMILES string of the molecule is CCCC(CN1CCC(N2CCOCC2)C1)NCC. The van der Waals surface area contributed by atoms with Gasteiger partial charge in [-0.3, -0.25) is 4.90 Å². The summed E-state index contributed by atoms with van der Waals surface area (Å²) in [5.74, 6) is 0. The van der Waals surface area contributed by atoms with Crippen LogP contribution >= 0.6 is 0 Å². The molecule has 2 aliphatic heterocycles. The second-order valence-electron chi connectivity index (χ2n) is 5.89. The molecular weight excluding hydrogens is 238 g/mol. The van der Waals surface area contributed by atoms with Crippen LogP contribution < -0.4 is 5.32 Å². The monoisotopic (exact) mass is 269 g/mol. The smallest absolute Gasteiger partial charge is 0.0594 e. The van der Waals surface area contributed by atoms with Crippen molar-refractivity contribution in [3.8, 4) is 0 Å². The number of nitrogens with one attached hydrogen (secondary N) is 1. The van der Waals surface area contributed by atoms with Crippen molar-refractivity contribution in [1.82, 2.24) is 15.1 Å². The Morgan fingerprint density at radius 3 is 2.68 bits per heavy atom. The third kappa shape index (κ3) is 4.71. The standard InChI is InChI=1S/C15H31N3O/c1-3-5-14(16-4-2)12-17-7-6-15(13-17)18-8-10-19-11-9-18/h14-16H,3-13H2,1-2H3. The van der Waals surface area contributed by atoms with Crippen LogP contribution in [0.4, 0.5) is 0 Å². The molecule has 0 bridgehead atoms. The summed E-state index contributed by atoms with van der Waals surface area (Å²) in [7, 11) is 0. The molecule has 0 aliphatic carbocycles. The average Bonchev–Trinajstić information content (AvgIpc) is 2.89. The van der Waals surface area contributed by atoms with Crippen LogP contribution in [0, 0.1) is 0 Å². The van der Waals surface area contributed by atoms with Gasteiger partial charge in [0, 0.05) is 38.3 Å². The van der Waals surface area contributed by atoms with Gasteiger partial charge in [-0.2, -0.15) is 0 Å². The van der Waals surface area contributed by atoms with Crippen molar-refractivity contribution < 1.29 is 4.74 Å². The predicted molar refractivity (Wildman–Crippen MR) is 79.6 cm³/mol. The average molecular weight is 269 g/mol. The third-order valence-electron chi connectivity index (χ3n) is 4.42. The van der Waals surface area contributed by atoms with Crippen molar-refractivity contribution >= 4 is 0 Å². The molecular formula is C15H31N3O. The topological polar surface area (TPSA) is 27.7 Å². The van der Waals surface area contributed by atoms with Gasteiger partial charge >= 0.3 is 0 Å². The Hall–Kier alpha value is -0.160. The molecule has 0 saturated carbocycles. The highest BCUT2D eigenvalue weighted by molar-refractivity contribution is 4.86. The second-order valence-corrected chi connectivity index (χ2v) is 5.89. The summed E-state index contributed by atoms with van der Waals surface area (Å²) >= 11 is 0. The quantitative estimate of drug-likeness (QED) is 0.751. The minimum atomic E-state index is 0.679. The van der Waals surface area contributed by atoms with Gasteiger partial charge in [0.05, 0.1) is 13.2 Å². The van der Waals surface area contributed by atoms with Gasteiger partial charge in [-0.05, 0) is 25.9 Å². The number of hydrogen-bond acceptors (Lipinski definition) is 4. The molecule has 2 atom stereocenters. The lowest BCUT2D eigenvalue weighted by Crippen LogP contribution is -2.46. The number of likely N-dealkylation sites (N-methyl/N-ethyl adjacent to an activating group) is 1. The van der Waals surface area contributed by atoms with E-state index >= 15 is 0 Å². The van der Waals surface area contributed by atoms with Crippen molar-refractivity contribution in [2.75, 3.05) is 52.5 Å². The predicted octanol–water partition coefficient (Wildman–Crippen LogP) is 1.17. The first kappa shape index (κ1) is 15.2. The summed E-state index contributed by atoms with van der Waals surface area (Å²) < 4.78 is 5.45. The van der Waals surface area contributed by atoms with Gasteiger partial charge in [0.25, 0.3) is 0 Å². The molecule has 2 heterocycles. The van der Waals surface area contributed by atoms with Gasteiger partial charge < -0.3 is 15.0 Å². The maximum absolute atomic E-state index is 5.45. The number of nitrogens with zero attached hydrogens (tertiary/aromatic N) is 2. The Balaban J connectivity index is 1.73. The Morgan fingerprint density at radius 2 is 2.00 bits per heavy atom. The number of hydrogen-bond donors (Lipinski definition) is 1. The lowest BCUT2D eigenvalue weighted by atomic mass is 10.1. The van der Waals surface area contributed by atoms with Crippen LogP contribution in [0.25, 0.3) is 0 Å². The summed E-state index contributed by atoms with van der Waals surface area (Å²) in [5, 5.41) is 3.63. The first-order valence-electron chi connectivity index (χ1n) is 8.11. The van der Waals surface area contributed by atoms with Gasteiger partial charge in [-0.15, -0.1) is 0 Å². The van der Waals surface area contributed by atoms with Crippen LogP contribution in [0.5, 0.6) is 0 Å². The Morgan fingerprint density at radius 1 is 1.21 bits per heavy atom. The van der Waals surface area contributed by atoms with Crippen LogP contribution in [0.3, 0.4) is 0 Å². The molecule has 2 aliphatic rings. The largest absolute Gasteiger partial charge is 0.379 e. The van der Waals surface area contributed by atoms with Crippen molar-refractivity contribution in [1.29, 1.82) is 0 Å². The van der Waals surface area contributed by atoms with E-state index < -0.39 is 0 Å². The molecule has 2 rings (SSSR count). The fourth-order valence-corrected chi connectivity index (χ4v) is 3.43. The highest BCUT2D eigenvalue weighted by Gasteiger charge is 2.29. The van der Waals surface area contributed by atoms with E-state index in [0.717, 1.165) is 38.9 Å². The number of rotatable bonds is 7. The lowest BCUT2D eigenvalue weighted by molar-refractivity contribution is 0.0183. The number of ether oxygens (including phenoxy) is 1. The summed E-state index contributed by atoms with van der Waals surface area (Å²) in [6, 6.07) is 1.45. The molecule has 0 aromatic heterocycles. The van der Waals surface area contributed by atoms with Crippen LogP contribution in [0.1, 0.15) is 33.1 Å². The van der Waals surface area contributed by atoms with E-state index in [4.69, 9.17) is 4.74 Å². The van der Waals surface area contributed by atoms with Gasteiger partial charge in [-0.25, -0.2) is 0 Å². The van der Waals surface area contributed by atoms with E-state index in [1.807, 2.05) is 0 Å². The third-order valence-corrected chi connectivity index (χ3v) is 4.42. The molecule has 2 unspecified atom stereocenters. The van der Waals surface area contributed by atoms with Gasteiger partial charge in [-0.1, -0.05) is 20.3 Å². The highest BCUT2D eigenvalue weighted by atomic mass is 16.5. The normalized spacial score (nSPS) is 27.8. The molecule has 112 valence electrons. The van der Waals surface area contributed by atoms with Crippen molar-refractivity contribution in [2.45, 2.75) is 45.2 Å². The van der Waals surface area contributed by atoms with E-state index in [9.17, 15) is 0 Å². The zero-order chi connectivity index (χ0) is 13.5. The van der Waals surface area contributed by atoms with E-state index in [0.29, 0.717) is 6.04 Å². The molecule has 19 heavy (non-hydrogen) atoms. The summed E-state index contributed by atoms with van der Waals surface area (Å²) in [6.45, 7) is 13.4. The molecule has 4 heteroatoms. The Kier molecular flexibility index (Phi) is 6.57. The maximum Gasteiger partial charge on any atom is 0.0594 e. The van der Waals surface area contributed by atoms with Crippen LogP contribution in [0.15, 0.2) is 0 Å². The zero-order valence-electron chi connectivity index (χ0n) is 12.7. The first-order chi connectivity index (χ1) is 9.33. The van der Waals surface area contributed by atoms with Crippen LogP contribution in [-0.2, 0) is 4.74 Å². The highest BCUT2D eigenvalue weighted by Crippen LogP contribution is 2.17. The fraction of sp³-hybridized carbons (Fsp3) is 1.00. The van der Waals surface area contributed by atoms with Gasteiger partial charge in [0.1, 0.15) is 0 Å². The van der Waals surface area contributed by atoms with E-state index in [1.165, 1.54) is 38.9 Å². The molecule has 2 saturated heterocycles. The minimum Gasteiger partial charge on any atom is -0.379 e. The molecule has 0 aromatic rings. The van der Waals surface area contributed by atoms with E-state index in [-0.39, 0.29) is 0 Å². The summed E-state index contributed by atoms with van der Waals surface area (Å²) in [6.07, 6.45) is 3.91. The Labute approximate surface area is 118 Å². The number of morpholine rings is 1. The van der Waals surface area contributed by atoms with Gasteiger partial charge in [0.2, 0.25) is 0 Å². The minimum absolute atomic E-state index is 0.679. The first-order valence-corrected chi connectivity index (χ1v) is 8.11.